The van der Waals surface area contributed by atoms with E-state index in [9.17, 15) is 8.42 Å². The van der Waals surface area contributed by atoms with Crippen molar-refractivity contribution in [3.05, 3.63) is 39.6 Å². The fraction of sp³-hybridized carbons (Fsp3) is 0.471. The zero-order chi connectivity index (χ0) is 18.3. The number of nitrogens with one attached hydrogen (secondary N) is 1. The smallest absolute Gasteiger partial charge is 0.158 e. The third kappa shape index (κ3) is 3.51. The molecule has 0 aliphatic carbocycles. The van der Waals surface area contributed by atoms with Gasteiger partial charge >= 0.3 is 0 Å². The van der Waals surface area contributed by atoms with Gasteiger partial charge in [-0.25, -0.2) is 23.1 Å². The lowest BCUT2D eigenvalue weighted by atomic mass is 10.2. The number of rotatable bonds is 5. The molecule has 1 fully saturated rings. The number of aromatic nitrogens is 4. The summed E-state index contributed by atoms with van der Waals surface area (Å²) >= 11 is 1.65. The van der Waals surface area contributed by atoms with E-state index >= 15 is 0 Å². The number of hydrogen-bond donors (Lipinski definition) is 1. The van der Waals surface area contributed by atoms with Gasteiger partial charge in [-0.15, -0.1) is 11.3 Å². The highest BCUT2D eigenvalue weighted by Crippen LogP contribution is 2.28. The fourth-order valence-corrected chi connectivity index (χ4v) is 5.66. The van der Waals surface area contributed by atoms with Gasteiger partial charge in [-0.3, -0.25) is 0 Å². The van der Waals surface area contributed by atoms with E-state index in [0.717, 1.165) is 39.5 Å². The Balaban J connectivity index is 1.51. The van der Waals surface area contributed by atoms with Gasteiger partial charge in [0.05, 0.1) is 33.9 Å². The second kappa shape index (κ2) is 6.71. The van der Waals surface area contributed by atoms with Crippen molar-refractivity contribution < 1.29 is 8.42 Å². The molecule has 4 heterocycles. The van der Waals surface area contributed by atoms with E-state index in [1.807, 2.05) is 20.0 Å². The highest BCUT2D eigenvalue weighted by Gasteiger charge is 2.31. The van der Waals surface area contributed by atoms with Crippen LogP contribution in [0.15, 0.2) is 17.6 Å². The largest absolute Gasteiger partial charge is 0.307 e. The van der Waals surface area contributed by atoms with Crippen molar-refractivity contribution in [3.63, 3.8) is 0 Å². The van der Waals surface area contributed by atoms with Crippen LogP contribution >= 0.6 is 11.3 Å². The van der Waals surface area contributed by atoms with Crippen LogP contribution in [0, 0.1) is 13.8 Å². The minimum Gasteiger partial charge on any atom is -0.307 e. The number of thiazole rings is 1. The third-order valence-corrected chi connectivity index (χ3v) is 7.22. The lowest BCUT2D eigenvalue weighted by Crippen LogP contribution is -2.14. The van der Waals surface area contributed by atoms with Crippen molar-refractivity contribution in [2.45, 2.75) is 39.4 Å². The van der Waals surface area contributed by atoms with Crippen LogP contribution in [0.25, 0.3) is 11.0 Å². The van der Waals surface area contributed by atoms with Gasteiger partial charge in [-0.2, -0.15) is 5.10 Å². The molecule has 3 aromatic heterocycles. The first-order valence-corrected chi connectivity index (χ1v) is 11.3. The number of sulfone groups is 1. The molecule has 0 bridgehead atoms. The number of fused-ring (bicyclic) bond motifs is 1. The van der Waals surface area contributed by atoms with Crippen molar-refractivity contribution in [2.24, 2.45) is 0 Å². The summed E-state index contributed by atoms with van der Waals surface area (Å²) in [6.45, 7) is 5.36. The average Bonchev–Trinajstić information content (AvgIpc) is 3.26. The highest BCUT2D eigenvalue weighted by atomic mass is 32.2. The molecule has 1 atom stereocenters. The van der Waals surface area contributed by atoms with Crippen LogP contribution in [0.2, 0.25) is 0 Å². The number of hydrogen-bond acceptors (Lipinski definition) is 7. The predicted octanol–water partition coefficient (Wildman–Crippen LogP) is 2.15. The van der Waals surface area contributed by atoms with Gasteiger partial charge in [0.1, 0.15) is 0 Å². The van der Waals surface area contributed by atoms with E-state index in [2.05, 4.69) is 31.8 Å². The Labute approximate surface area is 156 Å². The maximum atomic E-state index is 11.8. The zero-order valence-corrected chi connectivity index (χ0v) is 16.4. The first-order chi connectivity index (χ1) is 12.4. The maximum absolute atomic E-state index is 11.8. The first-order valence-electron chi connectivity index (χ1n) is 8.57. The van der Waals surface area contributed by atoms with Gasteiger partial charge in [0, 0.05) is 30.1 Å². The molecule has 0 saturated carbocycles. The minimum absolute atomic E-state index is 0.111. The van der Waals surface area contributed by atoms with E-state index in [4.69, 9.17) is 0 Å². The summed E-state index contributed by atoms with van der Waals surface area (Å²) in [5.74, 6) is 0.386. The molecule has 26 heavy (non-hydrogen) atoms. The summed E-state index contributed by atoms with van der Waals surface area (Å²) in [4.78, 5) is 9.02. The lowest BCUT2D eigenvalue weighted by molar-refractivity contribution is 0.509. The van der Waals surface area contributed by atoms with Crippen molar-refractivity contribution in [2.75, 3.05) is 11.5 Å². The Morgan fingerprint density at radius 2 is 2.19 bits per heavy atom. The van der Waals surface area contributed by atoms with Crippen LogP contribution in [-0.2, 0) is 22.9 Å². The number of nitrogens with zero attached hydrogens (tertiary/aromatic N) is 4. The standard InChI is InChI=1S/C17H21N5O2S2/c1-11-16-5-13(6-18-8-14-9-25-12(2)20-14)7-19-17(16)22(21-11)15-3-4-26(23,24)10-15/h5,7,9,15,18H,3-4,6,8,10H2,1-2H3/t15-/m1/s1. The molecule has 0 unspecified atom stereocenters. The van der Waals surface area contributed by atoms with Crippen molar-refractivity contribution >= 4 is 32.2 Å². The molecule has 0 amide bonds. The Morgan fingerprint density at radius 3 is 2.88 bits per heavy atom. The lowest BCUT2D eigenvalue weighted by Gasteiger charge is -2.09. The van der Waals surface area contributed by atoms with Crippen LogP contribution in [0.4, 0.5) is 0 Å². The molecule has 1 aliphatic heterocycles. The second-order valence-corrected chi connectivity index (χ2v) is 10.1. The quantitative estimate of drug-likeness (QED) is 0.717. The van der Waals surface area contributed by atoms with Crippen LogP contribution in [0.3, 0.4) is 0 Å². The van der Waals surface area contributed by atoms with Crippen molar-refractivity contribution in [3.8, 4) is 0 Å². The molecular weight excluding hydrogens is 370 g/mol. The molecular formula is C17H21N5O2S2. The summed E-state index contributed by atoms with van der Waals surface area (Å²) in [7, 11) is -2.95. The van der Waals surface area contributed by atoms with Crippen LogP contribution in [-0.4, -0.2) is 39.7 Å². The first kappa shape index (κ1) is 17.6. The van der Waals surface area contributed by atoms with Crippen molar-refractivity contribution in [1.82, 2.24) is 25.1 Å². The molecule has 3 aromatic rings. The molecule has 7 nitrogen and oxygen atoms in total. The van der Waals surface area contributed by atoms with Gasteiger partial charge in [0.25, 0.3) is 0 Å². The van der Waals surface area contributed by atoms with Crippen LogP contribution in [0.5, 0.6) is 0 Å². The van der Waals surface area contributed by atoms with E-state index in [1.54, 1.807) is 16.0 Å². The SMILES string of the molecule is Cc1nc(CNCc2cnc3c(c2)c(C)nn3[C@@H]2CCS(=O)(=O)C2)cs1. The van der Waals surface area contributed by atoms with Crippen LogP contribution in [0.1, 0.15) is 34.4 Å². The predicted molar refractivity (Wildman–Crippen MR) is 102 cm³/mol. The van der Waals surface area contributed by atoms with Gasteiger partial charge in [0.15, 0.2) is 15.5 Å². The summed E-state index contributed by atoms with van der Waals surface area (Å²) in [6.07, 6.45) is 2.44. The van der Waals surface area contributed by atoms with E-state index < -0.39 is 9.84 Å². The molecule has 0 spiro atoms. The van der Waals surface area contributed by atoms with E-state index in [0.29, 0.717) is 13.0 Å². The topological polar surface area (TPSA) is 89.8 Å². The summed E-state index contributed by atoms with van der Waals surface area (Å²) in [5.41, 5.74) is 3.77. The molecule has 1 saturated heterocycles. The Morgan fingerprint density at radius 1 is 1.35 bits per heavy atom. The molecule has 0 radical (unpaired) electrons. The third-order valence-electron chi connectivity index (χ3n) is 4.64. The molecule has 9 heteroatoms. The van der Waals surface area contributed by atoms with Crippen LogP contribution < -0.4 is 5.32 Å². The Bertz CT molecular complexity index is 1050. The number of aryl methyl sites for hydroxylation is 2. The molecule has 138 valence electrons. The maximum Gasteiger partial charge on any atom is 0.158 e. The van der Waals surface area contributed by atoms with Gasteiger partial charge in [-0.05, 0) is 31.9 Å². The van der Waals surface area contributed by atoms with Gasteiger partial charge < -0.3 is 5.32 Å². The van der Waals surface area contributed by atoms with Gasteiger partial charge in [-0.1, -0.05) is 0 Å². The highest BCUT2D eigenvalue weighted by molar-refractivity contribution is 7.91. The Hall–Kier alpha value is -1.84. The monoisotopic (exact) mass is 391 g/mol. The fourth-order valence-electron chi connectivity index (χ4n) is 3.36. The minimum atomic E-state index is -2.95. The molecule has 1 aliphatic rings. The van der Waals surface area contributed by atoms with Gasteiger partial charge in [0.2, 0.25) is 0 Å². The van der Waals surface area contributed by atoms with E-state index in [1.165, 1.54) is 0 Å². The summed E-state index contributed by atoms with van der Waals surface area (Å²) in [5, 5.41) is 12.1. The summed E-state index contributed by atoms with van der Waals surface area (Å²) in [6, 6.07) is 1.98. The zero-order valence-electron chi connectivity index (χ0n) is 14.8. The summed E-state index contributed by atoms with van der Waals surface area (Å²) < 4.78 is 25.3. The second-order valence-electron chi connectivity index (χ2n) is 6.76. The molecule has 0 aromatic carbocycles. The molecule has 1 N–H and O–H groups in total. The van der Waals surface area contributed by atoms with E-state index in [-0.39, 0.29) is 17.5 Å². The van der Waals surface area contributed by atoms with Crippen molar-refractivity contribution in [1.29, 1.82) is 0 Å². The normalized spacial score (nSPS) is 19.4. The Kier molecular flexibility index (Phi) is 4.54. The average molecular weight is 392 g/mol. The molecule has 4 rings (SSSR count). The number of pyridine rings is 1.